The van der Waals surface area contributed by atoms with Gasteiger partial charge in [-0.15, -0.1) is 0 Å². The van der Waals surface area contributed by atoms with E-state index in [0.717, 1.165) is 32.8 Å². The molecule has 1 unspecified atom stereocenters. The summed E-state index contributed by atoms with van der Waals surface area (Å²) in [6.45, 7) is 11.0. The highest BCUT2D eigenvalue weighted by atomic mass is 16.5. The average Bonchev–Trinajstić information content (AvgIpc) is 2.26. The van der Waals surface area contributed by atoms with Crippen LogP contribution in [0.2, 0.25) is 0 Å². The van der Waals surface area contributed by atoms with Crippen molar-refractivity contribution < 1.29 is 9.47 Å². The molecule has 0 radical (unpaired) electrons. The van der Waals surface area contributed by atoms with Crippen LogP contribution in [0.5, 0.6) is 0 Å². The second-order valence-corrected chi connectivity index (χ2v) is 4.29. The molecule has 0 aliphatic rings. The van der Waals surface area contributed by atoms with Crippen molar-refractivity contribution in [2.24, 2.45) is 0 Å². The maximum atomic E-state index is 5.28. The first-order valence-corrected chi connectivity index (χ1v) is 6.11. The molecule has 0 bridgehead atoms. The third-order valence-corrected chi connectivity index (χ3v) is 2.63. The minimum Gasteiger partial charge on any atom is -0.383 e. The first kappa shape index (κ1) is 15.8. The summed E-state index contributed by atoms with van der Waals surface area (Å²) in [4.78, 5) is 2.39. The summed E-state index contributed by atoms with van der Waals surface area (Å²) in [5.74, 6) is 0. The zero-order valence-electron chi connectivity index (χ0n) is 11.5. The van der Waals surface area contributed by atoms with Crippen LogP contribution in [-0.2, 0) is 9.47 Å². The lowest BCUT2D eigenvalue weighted by Crippen LogP contribution is -2.47. The Kier molecular flexibility index (Phi) is 9.92. The minimum absolute atomic E-state index is 0.424. The van der Waals surface area contributed by atoms with Crippen molar-refractivity contribution in [2.45, 2.75) is 32.9 Å². The van der Waals surface area contributed by atoms with Gasteiger partial charge in [-0.05, 0) is 6.54 Å². The lowest BCUT2D eigenvalue weighted by atomic mass is 10.2. The third kappa shape index (κ3) is 7.17. The Labute approximate surface area is 100 Å². The van der Waals surface area contributed by atoms with Gasteiger partial charge < -0.3 is 14.8 Å². The topological polar surface area (TPSA) is 33.7 Å². The number of ether oxygens (including phenoxy) is 2. The van der Waals surface area contributed by atoms with Gasteiger partial charge in [0, 0.05) is 39.4 Å². The molecule has 1 atom stereocenters. The number of likely N-dealkylation sites (N-methyl/N-ethyl adjacent to an activating group) is 1. The molecule has 1 N–H and O–H groups in total. The summed E-state index contributed by atoms with van der Waals surface area (Å²) >= 11 is 0. The Hall–Kier alpha value is -0.160. The monoisotopic (exact) mass is 232 g/mol. The third-order valence-electron chi connectivity index (χ3n) is 2.63. The average molecular weight is 232 g/mol. The predicted octanol–water partition coefficient (Wildman–Crippen LogP) is 0.968. The van der Waals surface area contributed by atoms with Crippen LogP contribution in [0.4, 0.5) is 0 Å². The summed E-state index contributed by atoms with van der Waals surface area (Å²) < 4.78 is 10.4. The number of nitrogens with one attached hydrogen (secondary N) is 1. The number of hydrogen-bond donors (Lipinski definition) is 1. The van der Waals surface area contributed by atoms with Gasteiger partial charge in [-0.1, -0.05) is 20.8 Å². The van der Waals surface area contributed by atoms with E-state index >= 15 is 0 Å². The highest BCUT2D eigenvalue weighted by Crippen LogP contribution is 2.00. The quantitative estimate of drug-likeness (QED) is 0.608. The molecule has 0 amide bonds. The summed E-state index contributed by atoms with van der Waals surface area (Å²) in [6, 6.07) is 0.938. The normalized spacial score (nSPS) is 13.7. The number of rotatable bonds is 10. The molecule has 0 saturated carbocycles. The van der Waals surface area contributed by atoms with Crippen molar-refractivity contribution in [3.05, 3.63) is 0 Å². The smallest absolute Gasteiger partial charge is 0.0630 e. The standard InChI is InChI=1S/C12H28N2O2/c1-6-14(7-8-15-4)12(10-16-5)9-13-11(2)3/h11-13H,6-10H2,1-5H3. The van der Waals surface area contributed by atoms with Gasteiger partial charge in [-0.2, -0.15) is 0 Å². The van der Waals surface area contributed by atoms with Gasteiger partial charge in [0.15, 0.2) is 0 Å². The van der Waals surface area contributed by atoms with Gasteiger partial charge in [0.1, 0.15) is 0 Å². The van der Waals surface area contributed by atoms with Crippen LogP contribution in [0.3, 0.4) is 0 Å². The van der Waals surface area contributed by atoms with E-state index in [1.807, 2.05) is 0 Å². The van der Waals surface area contributed by atoms with E-state index in [9.17, 15) is 0 Å². The second kappa shape index (κ2) is 10.0. The van der Waals surface area contributed by atoms with Crippen molar-refractivity contribution in [2.75, 3.05) is 47.1 Å². The van der Waals surface area contributed by atoms with Crippen LogP contribution in [-0.4, -0.2) is 64.1 Å². The summed E-state index contributed by atoms with van der Waals surface area (Å²) in [5, 5.41) is 3.46. The second-order valence-electron chi connectivity index (χ2n) is 4.29. The highest BCUT2D eigenvalue weighted by molar-refractivity contribution is 4.74. The van der Waals surface area contributed by atoms with E-state index in [1.54, 1.807) is 14.2 Å². The zero-order chi connectivity index (χ0) is 12.4. The molecule has 98 valence electrons. The molecule has 0 aromatic carbocycles. The molecule has 0 aromatic heterocycles. The first-order chi connectivity index (χ1) is 7.65. The molecule has 0 saturated heterocycles. The minimum atomic E-state index is 0.424. The maximum Gasteiger partial charge on any atom is 0.0630 e. The van der Waals surface area contributed by atoms with Gasteiger partial charge in [0.25, 0.3) is 0 Å². The van der Waals surface area contributed by atoms with Crippen LogP contribution in [0.15, 0.2) is 0 Å². The maximum absolute atomic E-state index is 5.28. The van der Waals surface area contributed by atoms with Crippen molar-refractivity contribution in [1.29, 1.82) is 0 Å². The first-order valence-electron chi connectivity index (χ1n) is 6.11. The summed E-state index contributed by atoms with van der Waals surface area (Å²) in [6.07, 6.45) is 0. The molecule has 0 fully saturated rings. The van der Waals surface area contributed by atoms with Crippen molar-refractivity contribution in [3.8, 4) is 0 Å². The number of methoxy groups -OCH3 is 2. The Morgan fingerprint density at radius 3 is 2.31 bits per heavy atom. The van der Waals surface area contributed by atoms with Crippen molar-refractivity contribution >= 4 is 0 Å². The zero-order valence-corrected chi connectivity index (χ0v) is 11.5. The fourth-order valence-electron chi connectivity index (χ4n) is 1.66. The lowest BCUT2D eigenvalue weighted by molar-refractivity contribution is 0.0695. The van der Waals surface area contributed by atoms with Crippen LogP contribution >= 0.6 is 0 Å². The fraction of sp³-hybridized carbons (Fsp3) is 1.00. The molecule has 0 aliphatic heterocycles. The molecule has 4 heteroatoms. The van der Waals surface area contributed by atoms with Gasteiger partial charge in [0.05, 0.1) is 13.2 Å². The van der Waals surface area contributed by atoms with E-state index in [2.05, 4.69) is 31.0 Å². The van der Waals surface area contributed by atoms with E-state index in [1.165, 1.54) is 0 Å². The molecule has 0 spiro atoms. The Morgan fingerprint density at radius 1 is 1.19 bits per heavy atom. The van der Waals surface area contributed by atoms with Crippen LogP contribution in [0.25, 0.3) is 0 Å². The Morgan fingerprint density at radius 2 is 1.88 bits per heavy atom. The predicted molar refractivity (Wildman–Crippen MR) is 67.9 cm³/mol. The van der Waals surface area contributed by atoms with E-state index in [4.69, 9.17) is 9.47 Å². The SMILES string of the molecule is CCN(CCOC)C(CNC(C)C)COC. The molecule has 0 aromatic rings. The van der Waals surface area contributed by atoms with Crippen molar-refractivity contribution in [3.63, 3.8) is 0 Å². The molecular weight excluding hydrogens is 204 g/mol. The van der Waals surface area contributed by atoms with Gasteiger partial charge in [-0.25, -0.2) is 0 Å². The summed E-state index contributed by atoms with van der Waals surface area (Å²) in [7, 11) is 3.50. The van der Waals surface area contributed by atoms with Gasteiger partial charge >= 0.3 is 0 Å². The molecule has 0 heterocycles. The Bertz CT molecular complexity index is 154. The molecule has 0 aliphatic carbocycles. The molecular formula is C12H28N2O2. The van der Waals surface area contributed by atoms with Crippen LogP contribution in [0.1, 0.15) is 20.8 Å². The van der Waals surface area contributed by atoms with Gasteiger partial charge in [-0.3, -0.25) is 4.90 Å². The lowest BCUT2D eigenvalue weighted by Gasteiger charge is -2.30. The largest absolute Gasteiger partial charge is 0.383 e. The fourth-order valence-corrected chi connectivity index (χ4v) is 1.66. The molecule has 0 rings (SSSR count). The number of hydrogen-bond acceptors (Lipinski definition) is 4. The van der Waals surface area contributed by atoms with Crippen molar-refractivity contribution in [1.82, 2.24) is 10.2 Å². The van der Waals surface area contributed by atoms with Crippen LogP contribution in [0, 0.1) is 0 Å². The highest BCUT2D eigenvalue weighted by Gasteiger charge is 2.16. The molecule has 16 heavy (non-hydrogen) atoms. The number of nitrogens with zero attached hydrogens (tertiary/aromatic N) is 1. The van der Waals surface area contributed by atoms with Crippen LogP contribution < -0.4 is 5.32 Å². The van der Waals surface area contributed by atoms with Gasteiger partial charge in [0.2, 0.25) is 0 Å². The molecule has 4 nitrogen and oxygen atoms in total. The van der Waals surface area contributed by atoms with E-state index in [-0.39, 0.29) is 0 Å². The van der Waals surface area contributed by atoms with E-state index < -0.39 is 0 Å². The summed E-state index contributed by atoms with van der Waals surface area (Å²) in [5.41, 5.74) is 0. The van der Waals surface area contributed by atoms with E-state index in [0.29, 0.717) is 12.1 Å². The Balaban J connectivity index is 4.10.